The van der Waals surface area contributed by atoms with Gasteiger partial charge in [0.2, 0.25) is 17.7 Å². The summed E-state index contributed by atoms with van der Waals surface area (Å²) >= 11 is 0. The first kappa shape index (κ1) is 19.9. The van der Waals surface area contributed by atoms with E-state index >= 15 is 0 Å². The van der Waals surface area contributed by atoms with Crippen molar-refractivity contribution in [3.05, 3.63) is 65.3 Å². The molecule has 0 spiro atoms. The van der Waals surface area contributed by atoms with E-state index < -0.39 is 0 Å². The third-order valence-corrected chi connectivity index (χ3v) is 5.10. The van der Waals surface area contributed by atoms with Gasteiger partial charge in [0.05, 0.1) is 24.4 Å². The van der Waals surface area contributed by atoms with Crippen molar-refractivity contribution in [1.82, 2.24) is 30.3 Å². The quantitative estimate of drug-likeness (QED) is 0.443. The molecule has 0 aliphatic heterocycles. The molecule has 3 aromatic heterocycles. The summed E-state index contributed by atoms with van der Waals surface area (Å²) in [6, 6.07) is 10.1. The fourth-order valence-corrected chi connectivity index (χ4v) is 3.52. The molecule has 0 atom stereocenters. The highest BCUT2D eigenvalue weighted by Crippen LogP contribution is 2.20. The largest absolute Gasteiger partial charge is 0.425 e. The Hall–Kier alpha value is -3.42. The molecule has 0 aliphatic rings. The van der Waals surface area contributed by atoms with Gasteiger partial charge in [0.1, 0.15) is 0 Å². The molecule has 0 unspecified atom stereocenters. The second kappa shape index (κ2) is 8.94. The first-order valence-electron chi connectivity index (χ1n) is 10.3. The summed E-state index contributed by atoms with van der Waals surface area (Å²) in [4.78, 5) is 17.4. The van der Waals surface area contributed by atoms with Crippen molar-refractivity contribution in [2.24, 2.45) is 0 Å². The molecular weight excluding hydrogens is 380 g/mol. The maximum atomic E-state index is 12.5. The summed E-state index contributed by atoms with van der Waals surface area (Å²) in [5, 5.41) is 16.7. The van der Waals surface area contributed by atoms with Crippen LogP contribution >= 0.6 is 0 Å². The molecule has 0 fully saturated rings. The summed E-state index contributed by atoms with van der Waals surface area (Å²) in [5.41, 5.74) is 4.16. The van der Waals surface area contributed by atoms with Gasteiger partial charge in [-0.1, -0.05) is 31.5 Å². The molecule has 1 aromatic carbocycles. The third-order valence-electron chi connectivity index (χ3n) is 5.10. The minimum Gasteiger partial charge on any atom is -0.425 e. The fraction of sp³-hybridized carbons (Fsp3) is 0.364. The SMILES string of the molecule is CCCc1cc(CN(C)C(=O)CCc2nnc(Cc3c[nH]c4ccccc34)o2)[nH]n1. The number of nitrogens with zero attached hydrogens (tertiary/aromatic N) is 4. The average Bonchev–Trinajstić information content (AvgIpc) is 3.48. The second-order valence-corrected chi connectivity index (χ2v) is 7.51. The molecule has 30 heavy (non-hydrogen) atoms. The van der Waals surface area contributed by atoms with E-state index in [9.17, 15) is 4.79 Å². The monoisotopic (exact) mass is 406 g/mol. The third kappa shape index (κ3) is 4.59. The number of nitrogens with one attached hydrogen (secondary N) is 2. The Morgan fingerprint density at radius 1 is 1.17 bits per heavy atom. The second-order valence-electron chi connectivity index (χ2n) is 7.51. The van der Waals surface area contributed by atoms with Gasteiger partial charge in [-0.15, -0.1) is 10.2 Å². The minimum atomic E-state index is 0.0259. The van der Waals surface area contributed by atoms with Crippen LogP contribution < -0.4 is 0 Å². The van der Waals surface area contributed by atoms with Gasteiger partial charge in [-0.2, -0.15) is 5.10 Å². The first-order valence-corrected chi connectivity index (χ1v) is 10.3. The number of aromatic amines is 2. The highest BCUT2D eigenvalue weighted by atomic mass is 16.4. The van der Waals surface area contributed by atoms with Gasteiger partial charge in [-0.3, -0.25) is 9.89 Å². The van der Waals surface area contributed by atoms with Crippen molar-refractivity contribution in [1.29, 1.82) is 0 Å². The minimum absolute atomic E-state index is 0.0259. The van der Waals surface area contributed by atoms with Crippen molar-refractivity contribution in [2.45, 2.75) is 45.6 Å². The maximum Gasteiger partial charge on any atom is 0.223 e. The smallest absolute Gasteiger partial charge is 0.223 e. The molecule has 4 rings (SSSR count). The van der Waals surface area contributed by atoms with Crippen LogP contribution in [0.1, 0.15) is 48.5 Å². The van der Waals surface area contributed by atoms with Crippen LogP contribution in [0.2, 0.25) is 0 Å². The molecule has 0 aliphatic carbocycles. The molecule has 8 heteroatoms. The Labute approximate surface area is 174 Å². The Bertz CT molecular complexity index is 1130. The van der Waals surface area contributed by atoms with E-state index in [1.165, 1.54) is 0 Å². The molecule has 0 bridgehead atoms. The van der Waals surface area contributed by atoms with Crippen LogP contribution in [0.15, 0.2) is 40.9 Å². The molecule has 156 valence electrons. The van der Waals surface area contributed by atoms with Crippen molar-refractivity contribution in [3.8, 4) is 0 Å². The van der Waals surface area contributed by atoms with Crippen LogP contribution in [0.5, 0.6) is 0 Å². The number of aryl methyl sites for hydroxylation is 2. The molecule has 3 heterocycles. The van der Waals surface area contributed by atoms with Crippen molar-refractivity contribution >= 4 is 16.8 Å². The van der Waals surface area contributed by atoms with Gasteiger partial charge >= 0.3 is 0 Å². The van der Waals surface area contributed by atoms with Crippen molar-refractivity contribution in [3.63, 3.8) is 0 Å². The normalized spacial score (nSPS) is 11.3. The van der Waals surface area contributed by atoms with Crippen LogP contribution in [0.3, 0.4) is 0 Å². The number of hydrogen-bond donors (Lipinski definition) is 2. The zero-order valence-corrected chi connectivity index (χ0v) is 17.3. The Balaban J connectivity index is 1.29. The van der Waals surface area contributed by atoms with Gasteiger partial charge < -0.3 is 14.3 Å². The molecule has 8 nitrogen and oxygen atoms in total. The maximum absolute atomic E-state index is 12.5. The van der Waals surface area contributed by atoms with Gasteiger partial charge in [-0.25, -0.2) is 0 Å². The Kier molecular flexibility index (Phi) is 5.92. The lowest BCUT2D eigenvalue weighted by Crippen LogP contribution is -2.26. The number of aromatic nitrogens is 5. The number of hydrogen-bond acceptors (Lipinski definition) is 5. The lowest BCUT2D eigenvalue weighted by molar-refractivity contribution is -0.130. The van der Waals surface area contributed by atoms with Crippen LogP contribution in [0, 0.1) is 0 Å². The first-order chi connectivity index (χ1) is 14.6. The van der Waals surface area contributed by atoms with E-state index in [-0.39, 0.29) is 5.91 Å². The zero-order valence-electron chi connectivity index (χ0n) is 17.3. The summed E-state index contributed by atoms with van der Waals surface area (Å²) in [5.74, 6) is 1.06. The standard InChI is InChI=1S/C22H26N6O2/c1-3-6-16-12-17(25-24-16)14-28(2)22(29)10-9-20-26-27-21(30-20)11-15-13-23-19-8-5-4-7-18(15)19/h4-5,7-8,12-13,23H,3,6,9-11,14H2,1-2H3,(H,24,25). The van der Waals surface area contributed by atoms with Gasteiger partial charge in [0.25, 0.3) is 0 Å². The topological polar surface area (TPSA) is 104 Å². The van der Waals surface area contributed by atoms with E-state index in [2.05, 4.69) is 38.4 Å². The molecule has 1 amide bonds. The summed E-state index contributed by atoms with van der Waals surface area (Å²) < 4.78 is 5.76. The average molecular weight is 406 g/mol. The van der Waals surface area contributed by atoms with E-state index in [0.717, 1.165) is 40.7 Å². The van der Waals surface area contributed by atoms with Crippen LogP contribution in [0.25, 0.3) is 10.9 Å². The Morgan fingerprint density at radius 2 is 2.00 bits per heavy atom. The number of carbonyl (C=O) groups is 1. The number of H-pyrrole nitrogens is 2. The number of fused-ring (bicyclic) bond motifs is 1. The number of rotatable bonds is 9. The van der Waals surface area contributed by atoms with Crippen LogP contribution in [0.4, 0.5) is 0 Å². The lowest BCUT2D eigenvalue weighted by atomic mass is 10.1. The summed E-state index contributed by atoms with van der Waals surface area (Å²) in [6.45, 7) is 2.62. The number of carbonyl (C=O) groups excluding carboxylic acids is 1. The van der Waals surface area contributed by atoms with Crippen LogP contribution in [-0.2, 0) is 30.6 Å². The lowest BCUT2D eigenvalue weighted by Gasteiger charge is -2.15. The van der Waals surface area contributed by atoms with E-state index in [4.69, 9.17) is 4.42 Å². The van der Waals surface area contributed by atoms with Crippen molar-refractivity contribution in [2.75, 3.05) is 7.05 Å². The number of benzene rings is 1. The van der Waals surface area contributed by atoms with Gasteiger partial charge in [0, 0.05) is 37.0 Å². The molecule has 0 saturated carbocycles. The Morgan fingerprint density at radius 3 is 2.87 bits per heavy atom. The fourth-order valence-electron chi connectivity index (χ4n) is 3.52. The predicted octanol–water partition coefficient (Wildman–Crippen LogP) is 3.41. The van der Waals surface area contributed by atoms with Crippen molar-refractivity contribution < 1.29 is 9.21 Å². The molecule has 0 saturated heterocycles. The van der Waals surface area contributed by atoms with E-state index in [1.54, 1.807) is 11.9 Å². The predicted molar refractivity (Wildman–Crippen MR) is 113 cm³/mol. The van der Waals surface area contributed by atoms with Gasteiger partial charge in [-0.05, 0) is 24.1 Å². The zero-order chi connectivity index (χ0) is 20.9. The highest BCUT2D eigenvalue weighted by molar-refractivity contribution is 5.83. The molecular formula is C22H26N6O2. The summed E-state index contributed by atoms with van der Waals surface area (Å²) in [7, 11) is 1.79. The van der Waals surface area contributed by atoms with Gasteiger partial charge in [0.15, 0.2) is 0 Å². The number of amides is 1. The van der Waals surface area contributed by atoms with Crippen LogP contribution in [-0.4, -0.2) is 43.2 Å². The molecule has 0 radical (unpaired) electrons. The summed E-state index contributed by atoms with van der Waals surface area (Å²) in [6.07, 6.45) is 5.26. The number of para-hydroxylation sites is 1. The van der Waals surface area contributed by atoms with E-state index in [0.29, 0.717) is 37.6 Å². The molecule has 2 N–H and O–H groups in total. The van der Waals surface area contributed by atoms with E-state index in [1.807, 2.05) is 30.5 Å². The molecule has 4 aromatic rings. The highest BCUT2D eigenvalue weighted by Gasteiger charge is 2.15.